The van der Waals surface area contributed by atoms with Gasteiger partial charge in [-0.1, -0.05) is 11.8 Å². The van der Waals surface area contributed by atoms with Crippen LogP contribution in [0.5, 0.6) is 0 Å². The summed E-state index contributed by atoms with van der Waals surface area (Å²) in [4.78, 5) is 0. The lowest BCUT2D eigenvalue weighted by Crippen LogP contribution is -2.29. The van der Waals surface area contributed by atoms with Crippen molar-refractivity contribution >= 4 is 11.8 Å². The van der Waals surface area contributed by atoms with Gasteiger partial charge in [0.15, 0.2) is 0 Å². The Morgan fingerprint density at radius 1 is 1.38 bits per heavy atom. The Bertz CT molecular complexity index is 270. The van der Waals surface area contributed by atoms with Gasteiger partial charge in [-0.3, -0.25) is 0 Å². The number of hydrogen-bond acceptors (Lipinski definition) is 5. The third-order valence-corrected chi connectivity index (χ3v) is 3.23. The maximum Gasteiger partial charge on any atom is 0.276 e. The number of nitrogens with one attached hydrogen (secondary N) is 1. The minimum atomic E-state index is 0.640. The first-order valence-electron chi connectivity index (χ1n) is 4.52. The van der Waals surface area contributed by atoms with Crippen LogP contribution in [-0.2, 0) is 0 Å². The molecule has 1 aromatic rings. The summed E-state index contributed by atoms with van der Waals surface area (Å²) in [5.74, 6) is 0.649. The summed E-state index contributed by atoms with van der Waals surface area (Å²) >= 11 is 1.71. The van der Waals surface area contributed by atoms with Crippen molar-refractivity contribution in [3.8, 4) is 0 Å². The van der Waals surface area contributed by atoms with Crippen molar-refractivity contribution in [2.45, 2.75) is 30.2 Å². The largest absolute Gasteiger partial charge is 0.416 e. The van der Waals surface area contributed by atoms with Gasteiger partial charge in [0.05, 0.1) is 0 Å². The van der Waals surface area contributed by atoms with Crippen LogP contribution in [0.3, 0.4) is 0 Å². The summed E-state index contributed by atoms with van der Waals surface area (Å²) in [6, 6.07) is 0. The molecule has 1 fully saturated rings. The van der Waals surface area contributed by atoms with E-state index < -0.39 is 0 Å². The lowest BCUT2D eigenvalue weighted by molar-refractivity contribution is 0.426. The molecular formula is C8H13N3OS. The molecule has 0 bridgehead atoms. The van der Waals surface area contributed by atoms with Crippen molar-refractivity contribution < 1.29 is 4.42 Å². The molecule has 0 aliphatic carbocycles. The van der Waals surface area contributed by atoms with E-state index in [1.165, 1.54) is 12.8 Å². The summed E-state index contributed by atoms with van der Waals surface area (Å²) < 4.78 is 5.31. The number of rotatable bonds is 2. The number of hydrogen-bond donors (Lipinski definition) is 1. The second-order valence-corrected chi connectivity index (χ2v) is 4.41. The van der Waals surface area contributed by atoms with Gasteiger partial charge in [0.2, 0.25) is 5.89 Å². The molecule has 1 aromatic heterocycles. The molecule has 2 heterocycles. The van der Waals surface area contributed by atoms with E-state index >= 15 is 0 Å². The Morgan fingerprint density at radius 2 is 2.15 bits per heavy atom. The summed E-state index contributed by atoms with van der Waals surface area (Å²) in [6.07, 6.45) is 2.37. The first kappa shape index (κ1) is 9.02. The molecule has 0 unspecified atom stereocenters. The van der Waals surface area contributed by atoms with Gasteiger partial charge in [0.25, 0.3) is 5.22 Å². The average Bonchev–Trinajstić information content (AvgIpc) is 2.53. The number of aryl methyl sites for hydroxylation is 1. The highest BCUT2D eigenvalue weighted by Gasteiger charge is 2.16. The minimum Gasteiger partial charge on any atom is -0.416 e. The molecule has 0 amide bonds. The molecule has 4 nitrogen and oxygen atoms in total. The standard InChI is InChI=1S/C8H13N3OS/c1-6-10-11-8(12-6)13-7-2-4-9-5-3-7/h7,9H,2-5H2,1H3. The van der Waals surface area contributed by atoms with E-state index in [1.54, 1.807) is 11.8 Å². The molecular weight excluding hydrogens is 186 g/mol. The molecule has 2 rings (SSSR count). The second-order valence-electron chi connectivity index (χ2n) is 3.15. The van der Waals surface area contributed by atoms with Crippen LogP contribution < -0.4 is 5.32 Å². The van der Waals surface area contributed by atoms with Crippen LogP contribution in [0.25, 0.3) is 0 Å². The van der Waals surface area contributed by atoms with E-state index in [0.717, 1.165) is 13.1 Å². The van der Waals surface area contributed by atoms with Crippen LogP contribution in [0, 0.1) is 6.92 Å². The number of aromatic nitrogens is 2. The predicted octanol–water partition coefficient (Wildman–Crippen LogP) is 1.22. The zero-order valence-electron chi connectivity index (χ0n) is 7.62. The van der Waals surface area contributed by atoms with E-state index in [9.17, 15) is 0 Å². The predicted molar refractivity (Wildman–Crippen MR) is 50.8 cm³/mol. The van der Waals surface area contributed by atoms with Crippen LogP contribution in [0.2, 0.25) is 0 Å². The van der Waals surface area contributed by atoms with Crippen molar-refractivity contribution in [1.29, 1.82) is 0 Å². The van der Waals surface area contributed by atoms with E-state index in [1.807, 2.05) is 6.92 Å². The molecule has 1 saturated heterocycles. The smallest absolute Gasteiger partial charge is 0.276 e. The third kappa shape index (κ3) is 2.45. The molecule has 0 radical (unpaired) electrons. The van der Waals surface area contributed by atoms with Gasteiger partial charge >= 0.3 is 0 Å². The first-order valence-corrected chi connectivity index (χ1v) is 5.40. The van der Waals surface area contributed by atoms with Crippen molar-refractivity contribution in [2.24, 2.45) is 0 Å². The summed E-state index contributed by atoms with van der Waals surface area (Å²) in [6.45, 7) is 4.02. The fourth-order valence-corrected chi connectivity index (χ4v) is 2.40. The molecule has 1 aliphatic heterocycles. The number of piperidine rings is 1. The van der Waals surface area contributed by atoms with E-state index in [2.05, 4.69) is 15.5 Å². The lowest BCUT2D eigenvalue weighted by atomic mass is 10.2. The van der Waals surface area contributed by atoms with E-state index in [0.29, 0.717) is 16.4 Å². The van der Waals surface area contributed by atoms with Gasteiger partial charge in [-0.25, -0.2) is 0 Å². The maximum atomic E-state index is 5.31. The van der Waals surface area contributed by atoms with Crippen LogP contribution in [0.4, 0.5) is 0 Å². The Hall–Kier alpha value is -0.550. The van der Waals surface area contributed by atoms with Crippen LogP contribution in [0.15, 0.2) is 9.64 Å². The molecule has 1 N–H and O–H groups in total. The monoisotopic (exact) mass is 199 g/mol. The van der Waals surface area contributed by atoms with Gasteiger partial charge in [0, 0.05) is 12.2 Å². The van der Waals surface area contributed by atoms with E-state index in [-0.39, 0.29) is 0 Å². The molecule has 72 valence electrons. The molecule has 0 saturated carbocycles. The molecule has 13 heavy (non-hydrogen) atoms. The van der Waals surface area contributed by atoms with Crippen LogP contribution >= 0.6 is 11.8 Å². The summed E-state index contributed by atoms with van der Waals surface area (Å²) in [7, 11) is 0. The van der Waals surface area contributed by atoms with Gasteiger partial charge in [0.1, 0.15) is 0 Å². The Labute approximate surface area is 81.5 Å². The van der Waals surface area contributed by atoms with Crippen molar-refractivity contribution in [3.63, 3.8) is 0 Å². The summed E-state index contributed by atoms with van der Waals surface area (Å²) in [5.41, 5.74) is 0. The third-order valence-electron chi connectivity index (χ3n) is 2.06. The fourth-order valence-electron chi connectivity index (χ4n) is 1.38. The Balaban J connectivity index is 1.89. The maximum absolute atomic E-state index is 5.31. The zero-order chi connectivity index (χ0) is 9.10. The molecule has 1 aliphatic rings. The molecule has 5 heteroatoms. The number of thioether (sulfide) groups is 1. The number of nitrogens with zero attached hydrogens (tertiary/aromatic N) is 2. The molecule has 0 aromatic carbocycles. The highest BCUT2D eigenvalue weighted by molar-refractivity contribution is 7.99. The van der Waals surface area contributed by atoms with Crippen molar-refractivity contribution in [2.75, 3.05) is 13.1 Å². The quantitative estimate of drug-likeness (QED) is 0.776. The molecule has 0 spiro atoms. The summed E-state index contributed by atoms with van der Waals surface area (Å²) in [5, 5.41) is 12.4. The van der Waals surface area contributed by atoms with Crippen molar-refractivity contribution in [3.05, 3.63) is 5.89 Å². The topological polar surface area (TPSA) is 51.0 Å². The van der Waals surface area contributed by atoms with E-state index in [4.69, 9.17) is 4.42 Å². The highest BCUT2D eigenvalue weighted by atomic mass is 32.2. The SMILES string of the molecule is Cc1nnc(SC2CCNCC2)o1. The normalized spacial score (nSPS) is 19.2. The Morgan fingerprint density at radius 3 is 2.77 bits per heavy atom. The first-order chi connectivity index (χ1) is 6.34. The Kier molecular flexibility index (Phi) is 2.85. The molecule has 0 atom stereocenters. The van der Waals surface area contributed by atoms with Gasteiger partial charge in [-0.15, -0.1) is 10.2 Å². The van der Waals surface area contributed by atoms with Crippen LogP contribution in [0.1, 0.15) is 18.7 Å². The van der Waals surface area contributed by atoms with Crippen molar-refractivity contribution in [1.82, 2.24) is 15.5 Å². The zero-order valence-corrected chi connectivity index (χ0v) is 8.43. The fraction of sp³-hybridized carbons (Fsp3) is 0.750. The van der Waals surface area contributed by atoms with Gasteiger partial charge in [-0.05, 0) is 25.9 Å². The van der Waals surface area contributed by atoms with Crippen LogP contribution in [-0.4, -0.2) is 28.5 Å². The van der Waals surface area contributed by atoms with Gasteiger partial charge < -0.3 is 9.73 Å². The minimum absolute atomic E-state index is 0.640. The van der Waals surface area contributed by atoms with Gasteiger partial charge in [-0.2, -0.15) is 0 Å². The lowest BCUT2D eigenvalue weighted by Gasteiger charge is -2.19. The average molecular weight is 199 g/mol. The second kappa shape index (κ2) is 4.11. The highest BCUT2D eigenvalue weighted by Crippen LogP contribution is 2.27.